The van der Waals surface area contributed by atoms with Gasteiger partial charge in [-0.15, -0.1) is 0 Å². The zero-order valence-corrected chi connectivity index (χ0v) is 13.9. The smallest absolute Gasteiger partial charge is 0.270 e. The number of benzene rings is 1. The Morgan fingerprint density at radius 1 is 1.19 bits per heavy atom. The van der Waals surface area contributed by atoms with Crippen molar-refractivity contribution >= 4 is 33.2 Å². The van der Waals surface area contributed by atoms with Gasteiger partial charge in [-0.1, -0.05) is 22.0 Å². The van der Waals surface area contributed by atoms with Crippen LogP contribution in [-0.4, -0.2) is 16.9 Å². The van der Waals surface area contributed by atoms with Crippen LogP contribution in [0.25, 0.3) is 0 Å². The predicted molar refractivity (Wildman–Crippen MR) is 89.0 cm³/mol. The van der Waals surface area contributed by atoms with E-state index >= 15 is 0 Å². The first kappa shape index (κ1) is 15.5. The molecule has 110 valence electrons. The van der Waals surface area contributed by atoms with Gasteiger partial charge in [-0.3, -0.25) is 9.78 Å². The number of amides is 1. The van der Waals surface area contributed by atoms with Gasteiger partial charge in [-0.05, 0) is 50.6 Å². The van der Waals surface area contributed by atoms with Crippen molar-refractivity contribution < 1.29 is 4.79 Å². The first-order valence-corrected chi connectivity index (χ1v) is 7.55. The van der Waals surface area contributed by atoms with Crippen molar-refractivity contribution in [2.45, 2.75) is 26.8 Å². The summed E-state index contributed by atoms with van der Waals surface area (Å²) in [5.74, 6) is -0.168. The van der Waals surface area contributed by atoms with Gasteiger partial charge >= 0.3 is 0 Å². The van der Waals surface area contributed by atoms with Gasteiger partial charge in [0.2, 0.25) is 0 Å². The lowest BCUT2D eigenvalue weighted by Crippen LogP contribution is -2.30. The van der Waals surface area contributed by atoms with E-state index in [0.29, 0.717) is 5.69 Å². The van der Waals surface area contributed by atoms with Crippen LogP contribution in [0.3, 0.4) is 0 Å². The summed E-state index contributed by atoms with van der Waals surface area (Å²) in [7, 11) is 0. The summed E-state index contributed by atoms with van der Waals surface area (Å²) >= 11 is 3.51. The lowest BCUT2D eigenvalue weighted by atomic mass is 10.2. The number of nitrogens with zero attached hydrogens (tertiary/aromatic N) is 1. The van der Waals surface area contributed by atoms with Crippen LogP contribution in [0.15, 0.2) is 41.0 Å². The van der Waals surface area contributed by atoms with E-state index in [1.807, 2.05) is 45.0 Å². The van der Waals surface area contributed by atoms with Crippen molar-refractivity contribution in [1.82, 2.24) is 10.3 Å². The van der Waals surface area contributed by atoms with Crippen molar-refractivity contribution in [2.24, 2.45) is 0 Å². The maximum absolute atomic E-state index is 11.9. The quantitative estimate of drug-likeness (QED) is 0.877. The summed E-state index contributed by atoms with van der Waals surface area (Å²) in [4.78, 5) is 16.1. The molecule has 0 radical (unpaired) electrons. The normalized spacial score (nSPS) is 10.5. The van der Waals surface area contributed by atoms with E-state index in [0.717, 1.165) is 15.8 Å². The molecule has 1 amide bonds. The monoisotopic (exact) mass is 347 g/mol. The summed E-state index contributed by atoms with van der Waals surface area (Å²) in [6.45, 7) is 5.88. The van der Waals surface area contributed by atoms with Gasteiger partial charge < -0.3 is 10.6 Å². The van der Waals surface area contributed by atoms with Crippen molar-refractivity contribution in [2.75, 3.05) is 5.32 Å². The summed E-state index contributed by atoms with van der Waals surface area (Å²) in [5, 5.41) is 6.10. The molecule has 0 spiro atoms. The lowest BCUT2D eigenvalue weighted by Gasteiger charge is -2.11. The minimum absolute atomic E-state index is 0.0870. The lowest BCUT2D eigenvalue weighted by molar-refractivity contribution is 0.0938. The van der Waals surface area contributed by atoms with Crippen LogP contribution in [0.2, 0.25) is 0 Å². The molecular formula is C16H18BrN3O. The number of aryl methyl sites for hydroxylation is 1. The summed E-state index contributed by atoms with van der Waals surface area (Å²) in [6, 6.07) is 9.69. The molecule has 2 aromatic rings. The van der Waals surface area contributed by atoms with Gasteiger partial charge in [0, 0.05) is 28.1 Å². The fourth-order valence-electron chi connectivity index (χ4n) is 1.81. The van der Waals surface area contributed by atoms with Crippen LogP contribution < -0.4 is 10.6 Å². The van der Waals surface area contributed by atoms with Gasteiger partial charge in [0.15, 0.2) is 0 Å². The number of rotatable bonds is 4. The van der Waals surface area contributed by atoms with E-state index in [9.17, 15) is 4.79 Å². The molecule has 0 saturated heterocycles. The van der Waals surface area contributed by atoms with Crippen LogP contribution in [0.4, 0.5) is 11.4 Å². The minimum Gasteiger partial charge on any atom is -0.355 e. The molecule has 0 aliphatic rings. The highest BCUT2D eigenvalue weighted by Crippen LogP contribution is 2.23. The number of aromatic nitrogens is 1. The molecule has 21 heavy (non-hydrogen) atoms. The first-order chi connectivity index (χ1) is 9.95. The van der Waals surface area contributed by atoms with Gasteiger partial charge in [0.1, 0.15) is 5.69 Å². The zero-order chi connectivity index (χ0) is 15.4. The maximum atomic E-state index is 11.9. The largest absolute Gasteiger partial charge is 0.355 e. The van der Waals surface area contributed by atoms with E-state index in [1.54, 1.807) is 12.3 Å². The fraction of sp³-hybridized carbons (Fsp3) is 0.250. The predicted octanol–water partition coefficient (Wildman–Crippen LogP) is 4.03. The Hall–Kier alpha value is -1.88. The molecule has 0 bridgehead atoms. The number of hydrogen-bond acceptors (Lipinski definition) is 3. The second-order valence-electron chi connectivity index (χ2n) is 5.15. The molecule has 4 nitrogen and oxygen atoms in total. The molecule has 0 atom stereocenters. The molecule has 0 aliphatic heterocycles. The molecule has 2 N–H and O–H groups in total. The van der Waals surface area contributed by atoms with Gasteiger partial charge in [-0.25, -0.2) is 0 Å². The average Bonchev–Trinajstić information content (AvgIpc) is 2.42. The van der Waals surface area contributed by atoms with Crippen molar-refractivity contribution in [3.05, 3.63) is 52.3 Å². The van der Waals surface area contributed by atoms with Crippen molar-refractivity contribution in [3.63, 3.8) is 0 Å². The Morgan fingerprint density at radius 2 is 1.90 bits per heavy atom. The molecule has 0 aliphatic carbocycles. The minimum atomic E-state index is -0.168. The summed E-state index contributed by atoms with van der Waals surface area (Å²) in [6.07, 6.45) is 1.63. The van der Waals surface area contributed by atoms with Crippen LogP contribution in [-0.2, 0) is 0 Å². The second kappa shape index (κ2) is 6.72. The number of hydrogen-bond donors (Lipinski definition) is 2. The van der Waals surface area contributed by atoms with Crippen molar-refractivity contribution in [1.29, 1.82) is 0 Å². The topological polar surface area (TPSA) is 54.0 Å². The van der Waals surface area contributed by atoms with Crippen molar-refractivity contribution in [3.8, 4) is 0 Å². The molecule has 1 heterocycles. The number of carbonyl (C=O) groups excluding carboxylic acids is 1. The molecule has 0 fully saturated rings. The second-order valence-corrected chi connectivity index (χ2v) is 6.00. The van der Waals surface area contributed by atoms with Crippen LogP contribution >= 0.6 is 15.9 Å². The Labute approximate surface area is 133 Å². The number of halogens is 1. The van der Waals surface area contributed by atoms with Crippen LogP contribution in [0, 0.1) is 6.92 Å². The maximum Gasteiger partial charge on any atom is 0.270 e. The summed E-state index contributed by atoms with van der Waals surface area (Å²) in [5.41, 5.74) is 3.36. The summed E-state index contributed by atoms with van der Waals surface area (Å²) < 4.78 is 1.04. The third-order valence-corrected chi connectivity index (χ3v) is 3.73. The molecule has 2 rings (SSSR count). The van der Waals surface area contributed by atoms with E-state index in [-0.39, 0.29) is 11.9 Å². The van der Waals surface area contributed by atoms with E-state index in [1.165, 1.54) is 5.56 Å². The third kappa shape index (κ3) is 4.29. The number of anilines is 2. The van der Waals surface area contributed by atoms with Crippen LogP contribution in [0.5, 0.6) is 0 Å². The molecule has 0 unspecified atom stereocenters. The van der Waals surface area contributed by atoms with E-state index in [4.69, 9.17) is 0 Å². The average molecular weight is 348 g/mol. The molecule has 0 saturated carbocycles. The third-order valence-electron chi connectivity index (χ3n) is 2.87. The molecular weight excluding hydrogens is 330 g/mol. The van der Waals surface area contributed by atoms with Crippen LogP contribution in [0.1, 0.15) is 29.9 Å². The Balaban J connectivity index is 2.17. The highest BCUT2D eigenvalue weighted by molar-refractivity contribution is 9.10. The number of nitrogens with one attached hydrogen (secondary N) is 2. The van der Waals surface area contributed by atoms with Gasteiger partial charge in [0.05, 0.1) is 0 Å². The van der Waals surface area contributed by atoms with Gasteiger partial charge in [-0.2, -0.15) is 0 Å². The molecule has 5 heteroatoms. The highest BCUT2D eigenvalue weighted by Gasteiger charge is 2.09. The number of carbonyl (C=O) groups is 1. The van der Waals surface area contributed by atoms with E-state index < -0.39 is 0 Å². The Bertz CT molecular complexity index is 656. The Morgan fingerprint density at radius 3 is 2.57 bits per heavy atom. The Kier molecular flexibility index (Phi) is 4.96. The molecule has 1 aromatic carbocycles. The fourth-order valence-corrected chi connectivity index (χ4v) is 2.18. The van der Waals surface area contributed by atoms with Gasteiger partial charge in [0.25, 0.3) is 5.91 Å². The number of pyridine rings is 1. The highest BCUT2D eigenvalue weighted by atomic mass is 79.9. The first-order valence-electron chi connectivity index (χ1n) is 6.76. The SMILES string of the molecule is Cc1ccc(Nc2ccnc(C(=O)NC(C)C)c2)cc1Br. The van der Waals surface area contributed by atoms with E-state index in [2.05, 4.69) is 31.5 Å². The standard InChI is InChI=1S/C16H18BrN3O/c1-10(2)19-16(21)15-9-13(6-7-18-15)20-12-5-4-11(3)14(17)8-12/h4-10H,1-3H3,(H,18,20)(H,19,21). The molecule has 1 aromatic heterocycles. The zero-order valence-electron chi connectivity index (χ0n) is 12.3.